The van der Waals surface area contributed by atoms with Crippen LogP contribution in [-0.4, -0.2) is 22.9 Å². The van der Waals surface area contributed by atoms with Gasteiger partial charge in [0.2, 0.25) is 0 Å². The fourth-order valence-corrected chi connectivity index (χ4v) is 1.74. The van der Waals surface area contributed by atoms with Crippen molar-refractivity contribution in [2.75, 3.05) is 17.7 Å². The normalized spacial score (nSPS) is 10.1. The van der Waals surface area contributed by atoms with E-state index in [-0.39, 0.29) is 5.91 Å². The molecular formula is C13H13ClN4O. The van der Waals surface area contributed by atoms with Gasteiger partial charge in [-0.3, -0.25) is 9.78 Å². The van der Waals surface area contributed by atoms with E-state index in [1.165, 1.54) is 6.20 Å². The number of aryl methyl sites for hydroxylation is 1. The highest BCUT2D eigenvalue weighted by atomic mass is 35.5. The maximum atomic E-state index is 12.2. The van der Waals surface area contributed by atoms with Crippen molar-refractivity contribution in [1.29, 1.82) is 0 Å². The predicted octanol–water partition coefficient (Wildman–Crippen LogP) is 2.73. The van der Waals surface area contributed by atoms with E-state index in [1.54, 1.807) is 31.6 Å². The molecule has 0 saturated carbocycles. The van der Waals surface area contributed by atoms with Crippen molar-refractivity contribution in [3.8, 4) is 0 Å². The summed E-state index contributed by atoms with van der Waals surface area (Å²) in [7, 11) is 1.73. The van der Waals surface area contributed by atoms with Crippen molar-refractivity contribution in [2.24, 2.45) is 0 Å². The van der Waals surface area contributed by atoms with Crippen molar-refractivity contribution < 1.29 is 4.79 Å². The third-order valence-electron chi connectivity index (χ3n) is 2.62. The Balaban J connectivity index is 2.28. The molecule has 0 aromatic carbocycles. The summed E-state index contributed by atoms with van der Waals surface area (Å²) in [5, 5.41) is 5.97. The maximum absolute atomic E-state index is 12.2. The van der Waals surface area contributed by atoms with Gasteiger partial charge in [-0.2, -0.15) is 0 Å². The van der Waals surface area contributed by atoms with E-state index in [0.717, 1.165) is 5.56 Å². The van der Waals surface area contributed by atoms with Gasteiger partial charge in [0, 0.05) is 31.3 Å². The summed E-state index contributed by atoms with van der Waals surface area (Å²) in [6, 6.07) is 3.34. The van der Waals surface area contributed by atoms with Gasteiger partial charge in [0.1, 0.15) is 5.82 Å². The Hall–Kier alpha value is -2.14. The molecule has 0 aliphatic heterocycles. The quantitative estimate of drug-likeness (QED) is 0.905. The second kappa shape index (κ2) is 5.67. The molecule has 6 heteroatoms. The van der Waals surface area contributed by atoms with E-state index in [1.807, 2.05) is 6.92 Å². The van der Waals surface area contributed by atoms with Crippen molar-refractivity contribution in [3.05, 3.63) is 46.9 Å². The number of anilines is 2. The fourth-order valence-electron chi connectivity index (χ4n) is 1.55. The minimum atomic E-state index is -0.279. The van der Waals surface area contributed by atoms with Crippen LogP contribution in [0.3, 0.4) is 0 Å². The van der Waals surface area contributed by atoms with Crippen LogP contribution in [0.15, 0.2) is 30.7 Å². The van der Waals surface area contributed by atoms with Gasteiger partial charge in [0.15, 0.2) is 0 Å². The van der Waals surface area contributed by atoms with Crippen LogP contribution >= 0.6 is 11.6 Å². The highest BCUT2D eigenvalue weighted by Crippen LogP contribution is 2.20. The topological polar surface area (TPSA) is 66.9 Å². The zero-order valence-electron chi connectivity index (χ0n) is 10.6. The van der Waals surface area contributed by atoms with Gasteiger partial charge in [-0.15, -0.1) is 0 Å². The van der Waals surface area contributed by atoms with Crippen molar-refractivity contribution in [1.82, 2.24) is 9.97 Å². The van der Waals surface area contributed by atoms with Gasteiger partial charge in [0.05, 0.1) is 10.6 Å². The lowest BCUT2D eigenvalue weighted by molar-refractivity contribution is 0.102. The first-order chi connectivity index (χ1) is 9.11. The lowest BCUT2D eigenvalue weighted by Gasteiger charge is -2.09. The molecule has 5 nitrogen and oxygen atoms in total. The SMILES string of the molecule is CNc1cc(C(=O)Nc2ccncc2C)c(Cl)cn1. The molecule has 2 heterocycles. The van der Waals surface area contributed by atoms with Crippen LogP contribution < -0.4 is 10.6 Å². The highest BCUT2D eigenvalue weighted by Gasteiger charge is 2.13. The smallest absolute Gasteiger partial charge is 0.257 e. The number of aromatic nitrogens is 2. The zero-order valence-corrected chi connectivity index (χ0v) is 11.3. The number of hydrogen-bond acceptors (Lipinski definition) is 4. The molecular weight excluding hydrogens is 264 g/mol. The number of nitrogens with zero attached hydrogens (tertiary/aromatic N) is 2. The molecule has 2 N–H and O–H groups in total. The molecule has 0 spiro atoms. The number of hydrogen-bond donors (Lipinski definition) is 2. The molecule has 0 fully saturated rings. The minimum absolute atomic E-state index is 0.279. The van der Waals surface area contributed by atoms with E-state index in [9.17, 15) is 4.79 Å². The Bertz CT molecular complexity index is 615. The molecule has 1 amide bonds. The molecule has 98 valence electrons. The number of nitrogens with one attached hydrogen (secondary N) is 2. The third-order valence-corrected chi connectivity index (χ3v) is 2.93. The highest BCUT2D eigenvalue weighted by molar-refractivity contribution is 6.34. The van der Waals surface area contributed by atoms with Gasteiger partial charge in [-0.05, 0) is 24.6 Å². The van der Waals surface area contributed by atoms with Crippen LogP contribution in [0.5, 0.6) is 0 Å². The molecule has 0 aliphatic rings. The number of halogens is 1. The largest absolute Gasteiger partial charge is 0.373 e. The average molecular weight is 277 g/mol. The fraction of sp³-hybridized carbons (Fsp3) is 0.154. The maximum Gasteiger partial charge on any atom is 0.257 e. The number of carbonyl (C=O) groups is 1. The summed E-state index contributed by atoms with van der Waals surface area (Å²) in [6.45, 7) is 1.87. The van der Waals surface area contributed by atoms with E-state index in [2.05, 4.69) is 20.6 Å². The molecule has 2 aromatic rings. The molecule has 19 heavy (non-hydrogen) atoms. The Morgan fingerprint density at radius 2 is 2.16 bits per heavy atom. The second-order valence-electron chi connectivity index (χ2n) is 3.94. The van der Waals surface area contributed by atoms with Gasteiger partial charge < -0.3 is 10.6 Å². The molecule has 0 bridgehead atoms. The molecule has 2 aromatic heterocycles. The summed E-state index contributed by atoms with van der Waals surface area (Å²) < 4.78 is 0. The Morgan fingerprint density at radius 1 is 1.37 bits per heavy atom. The summed E-state index contributed by atoms with van der Waals surface area (Å²) in [6.07, 6.45) is 4.75. The zero-order chi connectivity index (χ0) is 13.8. The summed E-state index contributed by atoms with van der Waals surface area (Å²) in [4.78, 5) is 20.2. The second-order valence-corrected chi connectivity index (χ2v) is 4.35. The van der Waals surface area contributed by atoms with Crippen LogP contribution in [0.4, 0.5) is 11.5 Å². The number of amides is 1. The van der Waals surface area contributed by atoms with Crippen molar-refractivity contribution in [2.45, 2.75) is 6.92 Å². The Labute approximate surface area is 116 Å². The van der Waals surface area contributed by atoms with E-state index >= 15 is 0 Å². The van der Waals surface area contributed by atoms with Crippen molar-refractivity contribution >= 4 is 29.0 Å². The number of rotatable bonds is 3. The van der Waals surface area contributed by atoms with Gasteiger partial charge >= 0.3 is 0 Å². The van der Waals surface area contributed by atoms with Crippen LogP contribution in [0.25, 0.3) is 0 Å². The van der Waals surface area contributed by atoms with Crippen LogP contribution in [-0.2, 0) is 0 Å². The Kier molecular flexibility index (Phi) is 3.97. The molecule has 0 atom stereocenters. The monoisotopic (exact) mass is 276 g/mol. The standard InChI is InChI=1S/C13H13ClN4O/c1-8-6-16-4-3-11(8)18-13(19)9-5-12(15-2)17-7-10(9)14/h3-7H,1-2H3,(H,15,17)(H,16,18,19). The average Bonchev–Trinajstić information content (AvgIpc) is 2.42. The lowest BCUT2D eigenvalue weighted by Crippen LogP contribution is -2.14. The van der Waals surface area contributed by atoms with E-state index in [0.29, 0.717) is 22.1 Å². The molecule has 2 rings (SSSR count). The van der Waals surface area contributed by atoms with Crippen molar-refractivity contribution in [3.63, 3.8) is 0 Å². The summed E-state index contributed by atoms with van der Waals surface area (Å²) in [5.41, 5.74) is 1.96. The third kappa shape index (κ3) is 3.00. The van der Waals surface area contributed by atoms with Gasteiger partial charge in [-0.1, -0.05) is 11.6 Å². The van der Waals surface area contributed by atoms with E-state index in [4.69, 9.17) is 11.6 Å². The summed E-state index contributed by atoms with van der Waals surface area (Å²) in [5.74, 6) is 0.305. The van der Waals surface area contributed by atoms with E-state index < -0.39 is 0 Å². The first-order valence-electron chi connectivity index (χ1n) is 5.67. The molecule has 0 saturated heterocycles. The molecule has 0 unspecified atom stereocenters. The number of pyridine rings is 2. The molecule has 0 radical (unpaired) electrons. The first kappa shape index (κ1) is 13.3. The lowest BCUT2D eigenvalue weighted by atomic mass is 10.2. The minimum Gasteiger partial charge on any atom is -0.373 e. The number of carbonyl (C=O) groups excluding carboxylic acids is 1. The van der Waals surface area contributed by atoms with Gasteiger partial charge in [0.25, 0.3) is 5.91 Å². The first-order valence-corrected chi connectivity index (χ1v) is 6.05. The van der Waals surface area contributed by atoms with Gasteiger partial charge in [-0.25, -0.2) is 4.98 Å². The van der Waals surface area contributed by atoms with Crippen LogP contribution in [0.1, 0.15) is 15.9 Å². The summed E-state index contributed by atoms with van der Waals surface area (Å²) >= 11 is 5.99. The predicted molar refractivity (Wildman–Crippen MR) is 75.7 cm³/mol. The Morgan fingerprint density at radius 3 is 2.84 bits per heavy atom. The van der Waals surface area contributed by atoms with Crippen LogP contribution in [0, 0.1) is 6.92 Å². The molecule has 0 aliphatic carbocycles. The van der Waals surface area contributed by atoms with Crippen LogP contribution in [0.2, 0.25) is 5.02 Å².